The Balaban J connectivity index is 1.41. The summed E-state index contributed by atoms with van der Waals surface area (Å²) in [6.07, 6.45) is 2.96. The number of carbonyl (C=O) groups excluding carboxylic acids is 1. The van der Waals surface area contributed by atoms with Crippen LogP contribution in [-0.4, -0.2) is 35.2 Å². The maximum Gasteiger partial charge on any atom is 0.188 e. The monoisotopic (exact) mass is 375 g/mol. The summed E-state index contributed by atoms with van der Waals surface area (Å²) in [4.78, 5) is 12.5. The van der Waals surface area contributed by atoms with E-state index in [1.165, 1.54) is 12.8 Å². The zero-order valence-corrected chi connectivity index (χ0v) is 14.2. The molecule has 0 radical (unpaired) electrons. The van der Waals surface area contributed by atoms with Crippen molar-refractivity contribution in [2.45, 2.75) is 31.3 Å². The molecule has 6 heteroatoms. The molecule has 2 aliphatic rings. The minimum absolute atomic E-state index is 0.0249. The van der Waals surface area contributed by atoms with E-state index in [-0.39, 0.29) is 11.9 Å². The second-order valence-corrected chi connectivity index (χ2v) is 7.01. The highest BCUT2D eigenvalue weighted by Gasteiger charge is 2.30. The maximum atomic E-state index is 12.5. The Bertz CT molecular complexity index is 718. The van der Waals surface area contributed by atoms with Gasteiger partial charge in [-0.3, -0.25) is 9.89 Å². The number of benzene rings is 1. The highest BCUT2D eigenvalue weighted by atomic mass is 79.9. The van der Waals surface area contributed by atoms with Crippen LogP contribution in [-0.2, 0) is 6.42 Å². The number of aromatic amines is 1. The molecule has 1 aliphatic heterocycles. The molecular weight excluding hydrogens is 358 g/mol. The van der Waals surface area contributed by atoms with Crippen LogP contribution >= 0.6 is 15.9 Å². The molecular formula is C17H18BrN3O2. The van der Waals surface area contributed by atoms with E-state index in [1.807, 2.05) is 24.3 Å². The zero-order valence-electron chi connectivity index (χ0n) is 12.6. The molecule has 120 valence electrons. The van der Waals surface area contributed by atoms with Crippen molar-refractivity contribution in [3.05, 3.63) is 45.7 Å². The van der Waals surface area contributed by atoms with Crippen LogP contribution in [0.2, 0.25) is 0 Å². The Morgan fingerprint density at radius 3 is 2.61 bits per heavy atom. The second-order valence-electron chi connectivity index (χ2n) is 6.22. The number of halogens is 1. The molecule has 0 atom stereocenters. The van der Waals surface area contributed by atoms with Gasteiger partial charge in [-0.25, -0.2) is 0 Å². The van der Waals surface area contributed by atoms with Crippen molar-refractivity contribution in [2.75, 3.05) is 13.1 Å². The van der Waals surface area contributed by atoms with Gasteiger partial charge in [0.25, 0.3) is 0 Å². The number of ether oxygens (including phenoxy) is 1. The summed E-state index contributed by atoms with van der Waals surface area (Å²) >= 11 is 3.52. The topological polar surface area (TPSA) is 67.0 Å². The molecule has 2 fully saturated rings. The number of carbonyl (C=O) groups is 1. The number of nitrogens with zero attached hydrogens (tertiary/aromatic N) is 1. The molecule has 0 unspecified atom stereocenters. The molecule has 0 spiro atoms. The van der Waals surface area contributed by atoms with E-state index >= 15 is 0 Å². The van der Waals surface area contributed by atoms with Gasteiger partial charge < -0.3 is 10.1 Å². The zero-order chi connectivity index (χ0) is 15.8. The summed E-state index contributed by atoms with van der Waals surface area (Å²) in [5.74, 6) is 1.41. The van der Waals surface area contributed by atoms with Gasteiger partial charge in [0.15, 0.2) is 5.78 Å². The van der Waals surface area contributed by atoms with E-state index in [2.05, 4.69) is 31.4 Å². The first-order valence-corrected chi connectivity index (χ1v) is 8.73. The largest absolute Gasteiger partial charge is 0.488 e. The second kappa shape index (κ2) is 6.09. The normalized spacial score (nSPS) is 17.8. The van der Waals surface area contributed by atoms with Crippen LogP contribution in [0, 0.1) is 0 Å². The van der Waals surface area contributed by atoms with Crippen molar-refractivity contribution in [3.63, 3.8) is 0 Å². The third-order valence-corrected chi connectivity index (χ3v) is 5.12. The van der Waals surface area contributed by atoms with E-state index in [1.54, 1.807) is 0 Å². The van der Waals surface area contributed by atoms with Crippen LogP contribution in [0.25, 0.3) is 0 Å². The quantitative estimate of drug-likeness (QED) is 0.761. The number of hydrogen-bond acceptors (Lipinski definition) is 4. The first-order chi connectivity index (χ1) is 11.2. The molecule has 1 aliphatic carbocycles. The fourth-order valence-electron chi connectivity index (χ4n) is 2.66. The van der Waals surface area contributed by atoms with E-state index in [9.17, 15) is 4.79 Å². The predicted octanol–water partition coefficient (Wildman–Crippen LogP) is 2.83. The molecule has 0 bridgehead atoms. The lowest BCUT2D eigenvalue weighted by Gasteiger charge is -2.27. The average Bonchev–Trinajstić information content (AvgIpc) is 3.27. The third-order valence-electron chi connectivity index (χ3n) is 4.32. The minimum atomic E-state index is 0.0249. The van der Waals surface area contributed by atoms with Crippen LogP contribution in [0.3, 0.4) is 0 Å². The van der Waals surface area contributed by atoms with Gasteiger partial charge in [0.2, 0.25) is 0 Å². The van der Waals surface area contributed by atoms with Crippen molar-refractivity contribution in [3.8, 4) is 5.75 Å². The number of nitrogens with one attached hydrogen (secondary N) is 2. The molecule has 1 aromatic heterocycles. The summed E-state index contributed by atoms with van der Waals surface area (Å²) in [5, 5.41) is 10.4. The molecule has 2 aromatic rings. The van der Waals surface area contributed by atoms with Gasteiger partial charge in [-0.05, 0) is 46.5 Å². The van der Waals surface area contributed by atoms with Gasteiger partial charge in [0.05, 0.1) is 10.2 Å². The van der Waals surface area contributed by atoms with Crippen molar-refractivity contribution in [2.24, 2.45) is 0 Å². The molecule has 1 saturated carbocycles. The Morgan fingerprint density at radius 2 is 2.00 bits per heavy atom. The van der Waals surface area contributed by atoms with Crippen LogP contribution in [0.4, 0.5) is 0 Å². The SMILES string of the molecule is O=C(Cc1ccc(OC2CNC2)cc1)c1n[nH]c(C2CC2)c1Br. The smallest absolute Gasteiger partial charge is 0.188 e. The van der Waals surface area contributed by atoms with Gasteiger partial charge in [0, 0.05) is 25.4 Å². The lowest BCUT2D eigenvalue weighted by atomic mass is 10.1. The van der Waals surface area contributed by atoms with Gasteiger partial charge >= 0.3 is 0 Å². The Labute approximate surface area is 142 Å². The highest BCUT2D eigenvalue weighted by Crippen LogP contribution is 2.43. The molecule has 0 amide bonds. The number of Topliss-reactive ketones (excluding diaryl/α,β-unsaturated/α-hetero) is 1. The Hall–Kier alpha value is -1.66. The summed E-state index contributed by atoms with van der Waals surface area (Å²) in [7, 11) is 0. The number of hydrogen-bond donors (Lipinski definition) is 2. The number of ketones is 1. The summed E-state index contributed by atoms with van der Waals surface area (Å²) < 4.78 is 6.61. The van der Waals surface area contributed by atoms with Gasteiger partial charge in [-0.15, -0.1) is 0 Å². The van der Waals surface area contributed by atoms with Crippen molar-refractivity contribution < 1.29 is 9.53 Å². The van der Waals surface area contributed by atoms with E-state index in [4.69, 9.17) is 4.74 Å². The third kappa shape index (κ3) is 3.19. The highest BCUT2D eigenvalue weighted by molar-refractivity contribution is 9.10. The molecule has 4 rings (SSSR count). The van der Waals surface area contributed by atoms with E-state index in [0.717, 1.165) is 34.6 Å². The fourth-order valence-corrected chi connectivity index (χ4v) is 3.38. The van der Waals surface area contributed by atoms with Crippen LogP contribution in [0.5, 0.6) is 5.75 Å². The van der Waals surface area contributed by atoms with Crippen LogP contribution < -0.4 is 10.1 Å². The van der Waals surface area contributed by atoms with Gasteiger partial charge in [0.1, 0.15) is 17.5 Å². The Kier molecular flexibility index (Phi) is 3.95. The lowest BCUT2D eigenvalue weighted by molar-refractivity contribution is 0.0987. The van der Waals surface area contributed by atoms with Crippen LogP contribution in [0.1, 0.15) is 40.5 Å². The summed E-state index contributed by atoms with van der Waals surface area (Å²) in [6.45, 7) is 1.80. The molecule has 23 heavy (non-hydrogen) atoms. The Morgan fingerprint density at radius 1 is 1.26 bits per heavy atom. The maximum absolute atomic E-state index is 12.5. The lowest BCUT2D eigenvalue weighted by Crippen LogP contribution is -2.50. The first kappa shape index (κ1) is 14.9. The molecule has 2 N–H and O–H groups in total. The van der Waals surface area contributed by atoms with Crippen molar-refractivity contribution in [1.82, 2.24) is 15.5 Å². The van der Waals surface area contributed by atoms with Crippen molar-refractivity contribution in [1.29, 1.82) is 0 Å². The molecule has 1 saturated heterocycles. The average molecular weight is 376 g/mol. The number of H-pyrrole nitrogens is 1. The minimum Gasteiger partial charge on any atom is -0.488 e. The first-order valence-electron chi connectivity index (χ1n) is 7.94. The summed E-state index contributed by atoms with van der Waals surface area (Å²) in [6, 6.07) is 7.75. The standard InChI is InChI=1S/C17H18BrN3O2/c18-15-16(11-3-4-11)20-21-17(15)14(22)7-10-1-5-12(6-2-10)23-13-8-19-9-13/h1-2,5-6,11,13,19H,3-4,7-9H2,(H,20,21). The van der Waals surface area contributed by atoms with Gasteiger partial charge in [-0.1, -0.05) is 12.1 Å². The van der Waals surface area contributed by atoms with Crippen molar-refractivity contribution >= 4 is 21.7 Å². The van der Waals surface area contributed by atoms with Crippen LogP contribution in [0.15, 0.2) is 28.7 Å². The number of rotatable bonds is 6. The predicted molar refractivity (Wildman–Crippen MR) is 90.0 cm³/mol. The molecule has 2 heterocycles. The molecule has 1 aromatic carbocycles. The molecule has 5 nitrogen and oxygen atoms in total. The van der Waals surface area contributed by atoms with E-state index in [0.29, 0.717) is 18.0 Å². The van der Waals surface area contributed by atoms with Gasteiger partial charge in [-0.2, -0.15) is 5.10 Å². The fraction of sp³-hybridized carbons (Fsp3) is 0.412. The summed E-state index contributed by atoms with van der Waals surface area (Å²) in [5.41, 5.74) is 2.54. The van der Waals surface area contributed by atoms with E-state index < -0.39 is 0 Å². The number of aromatic nitrogens is 2.